The molecule has 0 aliphatic heterocycles. The molecule has 0 aromatic rings. The van der Waals surface area contributed by atoms with Gasteiger partial charge in [-0.3, -0.25) is 4.79 Å². The van der Waals surface area contributed by atoms with Crippen LogP contribution in [-0.4, -0.2) is 22.3 Å². The van der Waals surface area contributed by atoms with E-state index in [1.807, 2.05) is 0 Å². The van der Waals surface area contributed by atoms with Gasteiger partial charge in [0.05, 0.1) is 11.5 Å². The Kier molecular flexibility index (Phi) is 1.24. The first-order chi connectivity index (χ1) is 4.09. The smallest absolute Gasteiger partial charge is 0.312 e. The predicted octanol–water partition coefficient (Wildman–Crippen LogP) is 0.232. The zero-order valence-corrected chi connectivity index (χ0v) is 5.29. The molecule has 1 aliphatic carbocycles. The number of carboxylic acid groups (broad SMARTS) is 1. The van der Waals surface area contributed by atoms with E-state index in [2.05, 4.69) is 0 Å². The molecule has 0 heterocycles. The molecule has 1 fully saturated rings. The van der Waals surface area contributed by atoms with Crippen molar-refractivity contribution in [2.45, 2.75) is 25.9 Å². The van der Waals surface area contributed by atoms with Crippen LogP contribution in [0.5, 0.6) is 0 Å². The minimum atomic E-state index is -0.863. The van der Waals surface area contributed by atoms with Gasteiger partial charge in [-0.2, -0.15) is 0 Å². The van der Waals surface area contributed by atoms with Crippen molar-refractivity contribution >= 4 is 5.97 Å². The van der Waals surface area contributed by atoms with Crippen molar-refractivity contribution in [1.29, 1.82) is 0 Å². The monoisotopic (exact) mass is 130 g/mol. The molecule has 0 bridgehead atoms. The third-order valence-electron chi connectivity index (χ3n) is 2.01. The van der Waals surface area contributed by atoms with Gasteiger partial charge in [0.1, 0.15) is 0 Å². The van der Waals surface area contributed by atoms with Crippen molar-refractivity contribution in [3.63, 3.8) is 0 Å². The van der Waals surface area contributed by atoms with E-state index in [1.54, 1.807) is 0 Å². The molecule has 0 radical (unpaired) electrons. The lowest BCUT2D eigenvalue weighted by Crippen LogP contribution is -2.27. The van der Waals surface area contributed by atoms with Gasteiger partial charge < -0.3 is 10.2 Å². The van der Waals surface area contributed by atoms with E-state index in [4.69, 9.17) is 10.2 Å². The lowest BCUT2D eigenvalue weighted by Gasteiger charge is -2.11. The van der Waals surface area contributed by atoms with Crippen LogP contribution < -0.4 is 0 Å². The Morgan fingerprint density at radius 2 is 2.11 bits per heavy atom. The summed E-state index contributed by atoms with van der Waals surface area (Å²) in [7, 11) is 0. The maximum Gasteiger partial charge on any atom is 0.312 e. The lowest BCUT2D eigenvalue weighted by molar-refractivity contribution is -0.147. The van der Waals surface area contributed by atoms with E-state index >= 15 is 0 Å². The summed E-state index contributed by atoms with van der Waals surface area (Å²) in [5, 5.41) is 17.4. The van der Waals surface area contributed by atoms with Crippen LogP contribution in [0.4, 0.5) is 0 Å². The van der Waals surface area contributed by atoms with Gasteiger partial charge in [0.2, 0.25) is 0 Å². The van der Waals surface area contributed by atoms with E-state index in [0.29, 0.717) is 12.8 Å². The predicted molar refractivity (Wildman–Crippen MR) is 31.0 cm³/mol. The molecule has 1 saturated carbocycles. The van der Waals surface area contributed by atoms with Gasteiger partial charge in [0.25, 0.3) is 0 Å². The zero-order chi connectivity index (χ0) is 7.07. The molecule has 1 rings (SSSR count). The second kappa shape index (κ2) is 1.70. The second-order valence-electron chi connectivity index (χ2n) is 2.64. The molecule has 0 amide bonds. The molecule has 1 atom stereocenters. The molecule has 0 unspecified atom stereocenters. The summed E-state index contributed by atoms with van der Waals surface area (Å²) in [6.07, 6.45) is 0.551. The fourth-order valence-corrected chi connectivity index (χ4v) is 0.945. The quantitative estimate of drug-likeness (QED) is 0.562. The van der Waals surface area contributed by atoms with Crippen LogP contribution in [0.3, 0.4) is 0 Å². The summed E-state index contributed by atoms with van der Waals surface area (Å²) in [6, 6.07) is 0. The summed E-state index contributed by atoms with van der Waals surface area (Å²) in [4.78, 5) is 10.4. The summed E-state index contributed by atoms with van der Waals surface area (Å²) >= 11 is 0. The van der Waals surface area contributed by atoms with Gasteiger partial charge in [-0.25, -0.2) is 0 Å². The highest BCUT2D eigenvalue weighted by Crippen LogP contribution is 2.48. The van der Waals surface area contributed by atoms with Gasteiger partial charge in [0.15, 0.2) is 0 Å². The third-order valence-corrected chi connectivity index (χ3v) is 2.01. The maximum absolute atomic E-state index is 10.4. The molecular weight excluding hydrogens is 120 g/mol. The normalized spacial score (nSPS) is 25.1. The number of aliphatic hydroxyl groups excluding tert-OH is 1. The van der Waals surface area contributed by atoms with Crippen molar-refractivity contribution in [1.82, 2.24) is 0 Å². The first-order valence-corrected chi connectivity index (χ1v) is 3.01. The van der Waals surface area contributed by atoms with E-state index in [1.165, 1.54) is 6.92 Å². The topological polar surface area (TPSA) is 57.5 Å². The van der Waals surface area contributed by atoms with Crippen LogP contribution in [-0.2, 0) is 4.79 Å². The molecular formula is C6H10O3. The third kappa shape index (κ3) is 0.812. The number of hydrogen-bond acceptors (Lipinski definition) is 2. The number of hydrogen-bond donors (Lipinski definition) is 2. The zero-order valence-electron chi connectivity index (χ0n) is 5.29. The van der Waals surface area contributed by atoms with Crippen LogP contribution in [0.1, 0.15) is 19.8 Å². The van der Waals surface area contributed by atoms with Gasteiger partial charge in [-0.1, -0.05) is 0 Å². The van der Waals surface area contributed by atoms with Gasteiger partial charge in [-0.05, 0) is 19.8 Å². The minimum Gasteiger partial charge on any atom is -0.481 e. The molecule has 2 N–H and O–H groups in total. The molecule has 1 aliphatic rings. The standard InChI is InChI=1S/C6H10O3/c1-4(7)6(2-3-6)5(8)9/h4,7H,2-3H2,1H3,(H,8,9)/t4-/m0/s1. The number of aliphatic carboxylic acids is 1. The van der Waals surface area contributed by atoms with Crippen molar-refractivity contribution in [3.8, 4) is 0 Å². The fourth-order valence-electron chi connectivity index (χ4n) is 0.945. The van der Waals surface area contributed by atoms with E-state index in [9.17, 15) is 4.79 Å². The SMILES string of the molecule is C[C@H](O)C1(C(=O)O)CC1. The van der Waals surface area contributed by atoms with Crippen LogP contribution in [0, 0.1) is 5.41 Å². The Morgan fingerprint density at radius 1 is 1.67 bits per heavy atom. The Hall–Kier alpha value is -0.570. The lowest BCUT2D eigenvalue weighted by atomic mass is 10.0. The largest absolute Gasteiger partial charge is 0.481 e. The van der Waals surface area contributed by atoms with E-state index in [-0.39, 0.29) is 0 Å². The molecule has 3 nitrogen and oxygen atoms in total. The van der Waals surface area contributed by atoms with Crippen molar-refractivity contribution in [2.24, 2.45) is 5.41 Å². The van der Waals surface area contributed by atoms with E-state index in [0.717, 1.165) is 0 Å². The Labute approximate surface area is 53.3 Å². The maximum atomic E-state index is 10.4. The molecule has 0 spiro atoms. The molecule has 52 valence electrons. The van der Waals surface area contributed by atoms with Gasteiger partial charge >= 0.3 is 5.97 Å². The molecule has 3 heteroatoms. The van der Waals surface area contributed by atoms with E-state index < -0.39 is 17.5 Å². The number of carbonyl (C=O) groups is 1. The summed E-state index contributed by atoms with van der Waals surface area (Å²) in [5.41, 5.74) is -0.778. The number of rotatable bonds is 2. The van der Waals surface area contributed by atoms with Crippen LogP contribution in [0.25, 0.3) is 0 Å². The molecule has 9 heavy (non-hydrogen) atoms. The summed E-state index contributed by atoms with van der Waals surface area (Å²) in [5.74, 6) is -0.863. The highest BCUT2D eigenvalue weighted by Gasteiger charge is 2.54. The molecule has 0 saturated heterocycles. The summed E-state index contributed by atoms with van der Waals surface area (Å²) in [6.45, 7) is 1.53. The highest BCUT2D eigenvalue weighted by atomic mass is 16.4. The van der Waals surface area contributed by atoms with Crippen molar-refractivity contribution < 1.29 is 15.0 Å². The first kappa shape index (κ1) is 6.55. The fraction of sp³-hybridized carbons (Fsp3) is 0.833. The number of carboxylic acids is 1. The Balaban J connectivity index is 2.63. The number of aliphatic hydroxyl groups is 1. The van der Waals surface area contributed by atoms with Crippen LogP contribution >= 0.6 is 0 Å². The minimum absolute atomic E-state index is 0.625. The van der Waals surface area contributed by atoms with Crippen LogP contribution in [0.15, 0.2) is 0 Å². The first-order valence-electron chi connectivity index (χ1n) is 3.01. The molecule has 0 aromatic carbocycles. The highest BCUT2D eigenvalue weighted by molar-refractivity contribution is 5.78. The summed E-state index contributed by atoms with van der Waals surface area (Å²) < 4.78 is 0. The average molecular weight is 130 g/mol. The Morgan fingerprint density at radius 3 is 2.11 bits per heavy atom. The molecule has 0 aromatic heterocycles. The average Bonchev–Trinajstić information content (AvgIpc) is 2.40. The van der Waals surface area contributed by atoms with Gasteiger partial charge in [0, 0.05) is 0 Å². The van der Waals surface area contributed by atoms with Gasteiger partial charge in [-0.15, -0.1) is 0 Å². The Bertz CT molecular complexity index is 135. The van der Waals surface area contributed by atoms with Crippen LogP contribution in [0.2, 0.25) is 0 Å². The van der Waals surface area contributed by atoms with Crippen molar-refractivity contribution in [2.75, 3.05) is 0 Å². The second-order valence-corrected chi connectivity index (χ2v) is 2.64. The van der Waals surface area contributed by atoms with Crippen molar-refractivity contribution in [3.05, 3.63) is 0 Å².